The van der Waals surface area contributed by atoms with Gasteiger partial charge in [-0.2, -0.15) is 10.2 Å². The van der Waals surface area contributed by atoms with E-state index in [1.165, 1.54) is 11.3 Å². The Morgan fingerprint density at radius 3 is 2.58 bits per heavy atom. The molecule has 0 N–H and O–H groups in total. The summed E-state index contributed by atoms with van der Waals surface area (Å²) in [5, 5.41) is 9.01. The highest BCUT2D eigenvalue weighted by molar-refractivity contribution is 5.79. The van der Waals surface area contributed by atoms with Gasteiger partial charge in [0.15, 0.2) is 0 Å². The van der Waals surface area contributed by atoms with Gasteiger partial charge in [-0.05, 0) is 30.7 Å². The van der Waals surface area contributed by atoms with Crippen molar-refractivity contribution < 1.29 is 4.74 Å². The van der Waals surface area contributed by atoms with Crippen molar-refractivity contribution in [3.8, 4) is 5.75 Å². The first kappa shape index (κ1) is 11.7. The Hall–Kier alpha value is -2.36. The smallest absolute Gasteiger partial charge is 0.118 e. The molecule has 0 aliphatic heterocycles. The van der Waals surface area contributed by atoms with Crippen LogP contribution in [0.2, 0.25) is 0 Å². The second-order valence-corrected chi connectivity index (χ2v) is 4.55. The lowest BCUT2D eigenvalue weighted by Gasteiger charge is -2.08. The van der Waals surface area contributed by atoms with E-state index in [0.29, 0.717) is 0 Å². The van der Waals surface area contributed by atoms with Crippen LogP contribution in [0.25, 0.3) is 10.9 Å². The summed E-state index contributed by atoms with van der Waals surface area (Å²) in [5.74, 6) is 0.878. The molecular formula is C15H15N3O. The molecule has 0 saturated carbocycles. The highest BCUT2D eigenvalue weighted by atomic mass is 16.5. The van der Waals surface area contributed by atoms with E-state index >= 15 is 0 Å². The molecule has 1 aromatic carbocycles. The van der Waals surface area contributed by atoms with E-state index in [9.17, 15) is 0 Å². The van der Waals surface area contributed by atoms with E-state index in [4.69, 9.17) is 4.74 Å². The molecule has 0 amide bonds. The summed E-state index contributed by atoms with van der Waals surface area (Å²) >= 11 is 0. The molecule has 0 aliphatic rings. The zero-order valence-electron chi connectivity index (χ0n) is 11.0. The molecular weight excluding hydrogens is 238 g/mol. The topological polar surface area (TPSA) is 39.9 Å². The van der Waals surface area contributed by atoms with Crippen molar-refractivity contribution >= 4 is 10.9 Å². The van der Waals surface area contributed by atoms with E-state index in [0.717, 1.165) is 23.2 Å². The third-order valence-corrected chi connectivity index (χ3v) is 3.32. The predicted molar refractivity (Wildman–Crippen MR) is 74.4 cm³/mol. The van der Waals surface area contributed by atoms with Crippen molar-refractivity contribution in [1.82, 2.24) is 14.8 Å². The van der Waals surface area contributed by atoms with Crippen LogP contribution in [0, 0.1) is 6.92 Å². The monoisotopic (exact) mass is 253 g/mol. The van der Waals surface area contributed by atoms with E-state index in [-0.39, 0.29) is 0 Å². The van der Waals surface area contributed by atoms with Gasteiger partial charge in [0, 0.05) is 17.6 Å². The highest BCUT2D eigenvalue weighted by Gasteiger charge is 2.06. The Kier molecular flexibility index (Phi) is 2.91. The molecule has 3 aromatic rings. The first-order valence-corrected chi connectivity index (χ1v) is 6.17. The number of fused-ring (bicyclic) bond motifs is 1. The highest BCUT2D eigenvalue weighted by Crippen LogP contribution is 2.20. The van der Waals surface area contributed by atoms with Gasteiger partial charge < -0.3 is 9.30 Å². The molecule has 4 heteroatoms. The van der Waals surface area contributed by atoms with Gasteiger partial charge in [0.2, 0.25) is 0 Å². The summed E-state index contributed by atoms with van der Waals surface area (Å²) in [7, 11) is 1.68. The summed E-state index contributed by atoms with van der Waals surface area (Å²) in [6, 6.07) is 10.3. The number of nitrogens with zero attached hydrogens (tertiary/aromatic N) is 3. The van der Waals surface area contributed by atoms with Crippen molar-refractivity contribution in [2.24, 2.45) is 0 Å². The number of ether oxygens (including phenoxy) is 1. The van der Waals surface area contributed by atoms with Gasteiger partial charge in [-0.3, -0.25) is 0 Å². The first-order valence-electron chi connectivity index (χ1n) is 6.17. The van der Waals surface area contributed by atoms with Crippen LogP contribution in [0.5, 0.6) is 5.75 Å². The summed E-state index contributed by atoms with van der Waals surface area (Å²) in [6.07, 6.45) is 3.61. The summed E-state index contributed by atoms with van der Waals surface area (Å²) in [4.78, 5) is 0. The van der Waals surface area contributed by atoms with Crippen LogP contribution in [0.4, 0.5) is 0 Å². The van der Waals surface area contributed by atoms with Gasteiger partial charge in [-0.25, -0.2) is 0 Å². The fraction of sp³-hybridized carbons (Fsp3) is 0.200. The molecule has 0 bridgehead atoms. The molecule has 0 unspecified atom stereocenters. The molecule has 0 atom stereocenters. The third-order valence-electron chi connectivity index (χ3n) is 3.32. The van der Waals surface area contributed by atoms with Gasteiger partial charge in [0.1, 0.15) is 5.75 Å². The van der Waals surface area contributed by atoms with Crippen molar-refractivity contribution in [1.29, 1.82) is 0 Å². The van der Waals surface area contributed by atoms with Gasteiger partial charge in [-0.15, -0.1) is 0 Å². The number of benzene rings is 1. The van der Waals surface area contributed by atoms with Crippen LogP contribution in [-0.4, -0.2) is 21.9 Å². The number of hydrogen-bond donors (Lipinski definition) is 0. The average molecular weight is 253 g/mol. The molecule has 3 rings (SSSR count). The lowest BCUT2D eigenvalue weighted by atomic mass is 10.2. The summed E-state index contributed by atoms with van der Waals surface area (Å²) in [6.45, 7) is 2.93. The van der Waals surface area contributed by atoms with E-state index in [1.54, 1.807) is 13.3 Å². The SMILES string of the molecule is COc1ccc(Cn2c(C)cc3cnncc32)cc1. The Bertz CT molecular complexity index is 701. The largest absolute Gasteiger partial charge is 0.497 e. The summed E-state index contributed by atoms with van der Waals surface area (Å²) in [5.41, 5.74) is 3.56. The lowest BCUT2D eigenvalue weighted by Crippen LogP contribution is -2.01. The fourth-order valence-corrected chi connectivity index (χ4v) is 2.28. The molecule has 0 saturated heterocycles. The van der Waals surface area contributed by atoms with Crippen molar-refractivity contribution in [2.45, 2.75) is 13.5 Å². The first-order chi connectivity index (χ1) is 9.28. The zero-order valence-corrected chi connectivity index (χ0v) is 11.0. The van der Waals surface area contributed by atoms with Crippen molar-refractivity contribution in [3.05, 3.63) is 54.0 Å². The average Bonchev–Trinajstić information content (AvgIpc) is 2.76. The molecule has 2 aromatic heterocycles. The number of hydrogen-bond acceptors (Lipinski definition) is 3. The second kappa shape index (κ2) is 4.72. The second-order valence-electron chi connectivity index (χ2n) is 4.55. The van der Waals surface area contributed by atoms with Crippen LogP contribution in [-0.2, 0) is 6.54 Å². The standard InChI is InChI=1S/C15H15N3O/c1-11-7-13-8-16-17-9-15(13)18(11)10-12-3-5-14(19-2)6-4-12/h3-9H,10H2,1-2H3. The Morgan fingerprint density at radius 2 is 1.84 bits per heavy atom. The van der Waals surface area contributed by atoms with E-state index in [2.05, 4.69) is 39.9 Å². The van der Waals surface area contributed by atoms with E-state index in [1.807, 2.05) is 18.3 Å². The molecule has 0 radical (unpaired) electrons. The van der Waals surface area contributed by atoms with Crippen molar-refractivity contribution in [3.63, 3.8) is 0 Å². The fourth-order valence-electron chi connectivity index (χ4n) is 2.28. The number of rotatable bonds is 3. The van der Waals surface area contributed by atoms with Crippen molar-refractivity contribution in [2.75, 3.05) is 7.11 Å². The summed E-state index contributed by atoms with van der Waals surface area (Å²) < 4.78 is 7.42. The number of methoxy groups -OCH3 is 1. The van der Waals surface area contributed by atoms with Crippen LogP contribution >= 0.6 is 0 Å². The minimum atomic E-state index is 0.824. The third kappa shape index (κ3) is 2.17. The Morgan fingerprint density at radius 1 is 1.11 bits per heavy atom. The molecule has 0 fully saturated rings. The Balaban J connectivity index is 1.98. The van der Waals surface area contributed by atoms with Crippen LogP contribution in [0.1, 0.15) is 11.3 Å². The maximum Gasteiger partial charge on any atom is 0.118 e. The van der Waals surface area contributed by atoms with Gasteiger partial charge >= 0.3 is 0 Å². The molecule has 4 nitrogen and oxygen atoms in total. The van der Waals surface area contributed by atoms with Crippen LogP contribution in [0.15, 0.2) is 42.7 Å². The Labute approximate surface area is 111 Å². The zero-order chi connectivity index (χ0) is 13.2. The minimum absolute atomic E-state index is 0.824. The van der Waals surface area contributed by atoms with Crippen LogP contribution in [0.3, 0.4) is 0 Å². The quantitative estimate of drug-likeness (QED) is 0.720. The van der Waals surface area contributed by atoms with Gasteiger partial charge in [0.05, 0.1) is 25.0 Å². The predicted octanol–water partition coefficient (Wildman–Crippen LogP) is 2.80. The number of aromatic nitrogens is 3. The molecule has 96 valence electrons. The minimum Gasteiger partial charge on any atom is -0.497 e. The van der Waals surface area contributed by atoms with E-state index < -0.39 is 0 Å². The van der Waals surface area contributed by atoms with Gasteiger partial charge in [0.25, 0.3) is 0 Å². The maximum absolute atomic E-state index is 5.17. The van der Waals surface area contributed by atoms with Crippen LogP contribution < -0.4 is 4.74 Å². The number of aryl methyl sites for hydroxylation is 1. The molecule has 19 heavy (non-hydrogen) atoms. The maximum atomic E-state index is 5.17. The molecule has 0 spiro atoms. The molecule has 0 aliphatic carbocycles. The molecule has 2 heterocycles. The normalized spacial score (nSPS) is 10.8. The lowest BCUT2D eigenvalue weighted by molar-refractivity contribution is 0.414. The van der Waals surface area contributed by atoms with Gasteiger partial charge in [-0.1, -0.05) is 12.1 Å².